The minimum atomic E-state index is -0.618. The first-order valence-corrected chi connectivity index (χ1v) is 7.80. The highest BCUT2D eigenvalue weighted by molar-refractivity contribution is 5.86. The van der Waals surface area contributed by atoms with Crippen LogP contribution in [0.1, 0.15) is 32.1 Å². The van der Waals surface area contributed by atoms with Crippen molar-refractivity contribution in [2.75, 3.05) is 31.1 Å². The quantitative estimate of drug-likeness (QED) is 0.866. The predicted octanol–water partition coefficient (Wildman–Crippen LogP) is 1.63. The maximum absolute atomic E-state index is 12.7. The lowest BCUT2D eigenvalue weighted by atomic mass is 9.81. The van der Waals surface area contributed by atoms with E-state index < -0.39 is 5.54 Å². The summed E-state index contributed by atoms with van der Waals surface area (Å²) in [6, 6.07) is 3.84. The molecule has 0 bridgehead atoms. The summed E-state index contributed by atoms with van der Waals surface area (Å²) in [4.78, 5) is 16.8. The number of hydrogen-bond donors (Lipinski definition) is 1. The molecule has 130 valence electrons. The van der Waals surface area contributed by atoms with Gasteiger partial charge >= 0.3 is 0 Å². The molecule has 2 aliphatic rings. The van der Waals surface area contributed by atoms with E-state index in [9.17, 15) is 4.79 Å². The van der Waals surface area contributed by atoms with Gasteiger partial charge in [-0.05, 0) is 25.0 Å². The Morgan fingerprint density at radius 3 is 2.30 bits per heavy atom. The molecule has 1 amide bonds. The van der Waals surface area contributed by atoms with Crippen LogP contribution in [-0.4, -0.2) is 52.7 Å². The minimum absolute atomic E-state index is 0. The smallest absolute Gasteiger partial charge is 0.242 e. The molecule has 0 spiro atoms. The number of anilines is 1. The number of rotatable bonds is 2. The molecule has 23 heavy (non-hydrogen) atoms. The molecule has 1 saturated carbocycles. The van der Waals surface area contributed by atoms with Crippen LogP contribution in [0.25, 0.3) is 0 Å². The fourth-order valence-corrected chi connectivity index (χ4v) is 3.31. The van der Waals surface area contributed by atoms with E-state index in [1.54, 1.807) is 6.20 Å². The van der Waals surface area contributed by atoms with Gasteiger partial charge in [-0.15, -0.1) is 29.9 Å². The fourth-order valence-electron chi connectivity index (χ4n) is 3.31. The number of carbonyl (C=O) groups is 1. The zero-order valence-electron chi connectivity index (χ0n) is 13.2. The van der Waals surface area contributed by atoms with E-state index in [4.69, 9.17) is 5.73 Å². The number of carbonyl (C=O) groups excluding carboxylic acids is 1. The van der Waals surface area contributed by atoms with Gasteiger partial charge in [0.2, 0.25) is 5.91 Å². The van der Waals surface area contributed by atoms with E-state index in [2.05, 4.69) is 15.1 Å². The second kappa shape index (κ2) is 8.66. The van der Waals surface area contributed by atoms with Crippen LogP contribution in [0.5, 0.6) is 0 Å². The van der Waals surface area contributed by atoms with Crippen molar-refractivity contribution in [3.8, 4) is 0 Å². The largest absolute Gasteiger partial charge is 0.352 e. The molecular formula is C15H25Cl2N5O. The summed E-state index contributed by atoms with van der Waals surface area (Å²) < 4.78 is 0. The zero-order chi connectivity index (χ0) is 14.7. The van der Waals surface area contributed by atoms with Gasteiger partial charge in [0.25, 0.3) is 0 Å². The summed E-state index contributed by atoms with van der Waals surface area (Å²) in [5.74, 6) is 1.02. The second-order valence-electron chi connectivity index (χ2n) is 6.08. The van der Waals surface area contributed by atoms with Gasteiger partial charge in [-0.25, -0.2) is 0 Å². The Balaban J connectivity index is 0.00000132. The molecule has 0 unspecified atom stereocenters. The van der Waals surface area contributed by atoms with Crippen molar-refractivity contribution in [3.05, 3.63) is 18.3 Å². The van der Waals surface area contributed by atoms with Gasteiger partial charge in [0.05, 0.1) is 5.54 Å². The minimum Gasteiger partial charge on any atom is -0.352 e. The van der Waals surface area contributed by atoms with E-state index in [0.29, 0.717) is 13.1 Å². The Morgan fingerprint density at radius 1 is 1.09 bits per heavy atom. The SMILES string of the molecule is Cl.Cl.NC1(C(=O)N2CCN(c3cccnn3)CC2)CCCCC1. The van der Waals surface area contributed by atoms with Crippen molar-refractivity contribution in [1.82, 2.24) is 15.1 Å². The molecule has 8 heteroatoms. The molecule has 0 radical (unpaired) electrons. The van der Waals surface area contributed by atoms with E-state index >= 15 is 0 Å². The monoisotopic (exact) mass is 361 g/mol. The fraction of sp³-hybridized carbons (Fsp3) is 0.667. The Kier molecular flexibility index (Phi) is 7.51. The van der Waals surface area contributed by atoms with Crippen LogP contribution in [0.2, 0.25) is 0 Å². The van der Waals surface area contributed by atoms with Crippen molar-refractivity contribution in [2.45, 2.75) is 37.6 Å². The lowest BCUT2D eigenvalue weighted by Gasteiger charge is -2.41. The average Bonchev–Trinajstić information content (AvgIpc) is 2.56. The van der Waals surface area contributed by atoms with Crippen LogP contribution in [0.4, 0.5) is 5.82 Å². The van der Waals surface area contributed by atoms with Gasteiger partial charge < -0.3 is 15.5 Å². The first-order chi connectivity index (χ1) is 10.2. The number of hydrogen-bond acceptors (Lipinski definition) is 5. The summed E-state index contributed by atoms with van der Waals surface area (Å²) in [5.41, 5.74) is 5.73. The van der Waals surface area contributed by atoms with Gasteiger partial charge in [-0.2, -0.15) is 5.10 Å². The zero-order valence-corrected chi connectivity index (χ0v) is 14.8. The number of nitrogens with zero attached hydrogens (tertiary/aromatic N) is 4. The molecule has 2 N–H and O–H groups in total. The van der Waals surface area contributed by atoms with Crippen LogP contribution < -0.4 is 10.6 Å². The van der Waals surface area contributed by atoms with Crippen LogP contribution in [0.3, 0.4) is 0 Å². The first kappa shape index (κ1) is 19.9. The summed E-state index contributed by atoms with van der Waals surface area (Å²) in [5, 5.41) is 8.03. The molecule has 1 saturated heterocycles. The van der Waals surface area contributed by atoms with Gasteiger partial charge in [-0.1, -0.05) is 19.3 Å². The molecule has 2 fully saturated rings. The molecule has 3 rings (SSSR count). The highest BCUT2D eigenvalue weighted by Crippen LogP contribution is 2.28. The highest BCUT2D eigenvalue weighted by Gasteiger charge is 2.39. The number of nitrogens with two attached hydrogens (primary N) is 1. The molecule has 1 aromatic rings. The molecular weight excluding hydrogens is 337 g/mol. The third kappa shape index (κ3) is 4.46. The summed E-state index contributed by atoms with van der Waals surface area (Å²) in [6.07, 6.45) is 6.67. The molecule has 2 heterocycles. The summed E-state index contributed by atoms with van der Waals surface area (Å²) in [6.45, 7) is 3.02. The molecule has 1 aliphatic heterocycles. The number of piperazine rings is 1. The van der Waals surface area contributed by atoms with Crippen molar-refractivity contribution in [2.24, 2.45) is 5.73 Å². The Hall–Kier alpha value is -1.11. The van der Waals surface area contributed by atoms with Gasteiger partial charge in [-0.3, -0.25) is 4.79 Å². The van der Waals surface area contributed by atoms with Crippen LogP contribution in [0, 0.1) is 0 Å². The van der Waals surface area contributed by atoms with Crippen molar-refractivity contribution in [3.63, 3.8) is 0 Å². The normalized spacial score (nSPS) is 20.2. The number of amides is 1. The first-order valence-electron chi connectivity index (χ1n) is 7.80. The molecule has 1 aliphatic carbocycles. The third-order valence-corrected chi connectivity index (χ3v) is 4.62. The summed E-state index contributed by atoms with van der Waals surface area (Å²) in [7, 11) is 0. The van der Waals surface area contributed by atoms with Crippen LogP contribution in [0.15, 0.2) is 18.3 Å². The van der Waals surface area contributed by atoms with Gasteiger partial charge in [0.1, 0.15) is 0 Å². The van der Waals surface area contributed by atoms with E-state index in [1.807, 2.05) is 17.0 Å². The molecule has 0 atom stereocenters. The van der Waals surface area contributed by atoms with E-state index in [-0.39, 0.29) is 30.7 Å². The number of aromatic nitrogens is 2. The lowest BCUT2D eigenvalue weighted by molar-refractivity contribution is -0.138. The van der Waals surface area contributed by atoms with E-state index in [0.717, 1.165) is 44.6 Å². The molecule has 1 aromatic heterocycles. The standard InChI is InChI=1S/C15H23N5O.2ClH/c16-15(6-2-1-3-7-15)14(21)20-11-9-19(10-12-20)13-5-4-8-17-18-13;;/h4-5,8H,1-3,6-7,9-12,16H2;2*1H. The number of halogens is 2. The lowest BCUT2D eigenvalue weighted by Crippen LogP contribution is -2.60. The predicted molar refractivity (Wildman–Crippen MR) is 95.3 cm³/mol. The van der Waals surface area contributed by atoms with Crippen LogP contribution in [-0.2, 0) is 4.79 Å². The maximum Gasteiger partial charge on any atom is 0.242 e. The Labute approximate surface area is 149 Å². The van der Waals surface area contributed by atoms with E-state index in [1.165, 1.54) is 6.42 Å². The average molecular weight is 362 g/mol. The third-order valence-electron chi connectivity index (χ3n) is 4.62. The van der Waals surface area contributed by atoms with Crippen LogP contribution >= 0.6 is 24.8 Å². The van der Waals surface area contributed by atoms with Gasteiger partial charge in [0.15, 0.2) is 5.82 Å². The van der Waals surface area contributed by atoms with Crippen molar-refractivity contribution >= 4 is 36.5 Å². The second-order valence-corrected chi connectivity index (χ2v) is 6.08. The van der Waals surface area contributed by atoms with Crippen molar-refractivity contribution < 1.29 is 4.79 Å². The Morgan fingerprint density at radius 2 is 1.74 bits per heavy atom. The molecule has 0 aromatic carbocycles. The topological polar surface area (TPSA) is 75.4 Å². The molecule has 6 nitrogen and oxygen atoms in total. The Bertz CT molecular complexity index is 488. The van der Waals surface area contributed by atoms with Crippen molar-refractivity contribution in [1.29, 1.82) is 0 Å². The maximum atomic E-state index is 12.7. The summed E-state index contributed by atoms with van der Waals surface area (Å²) >= 11 is 0. The highest BCUT2D eigenvalue weighted by atomic mass is 35.5. The van der Waals surface area contributed by atoms with Gasteiger partial charge in [0, 0.05) is 32.4 Å².